The van der Waals surface area contributed by atoms with E-state index < -0.39 is 0 Å². The molecule has 2 heteroatoms. The molecule has 1 rings (SSSR count). The smallest absolute Gasteiger partial charge is 0.0605 e. The maximum atomic E-state index is 4.25. The monoisotopic (exact) mass is 164 g/mol. The van der Waals surface area contributed by atoms with Gasteiger partial charge in [-0.15, -0.1) is 0 Å². The number of anilines is 1. The average molecular weight is 164 g/mol. The Morgan fingerprint density at radius 3 is 2.50 bits per heavy atom. The third kappa shape index (κ3) is 1.76. The molecule has 1 heterocycles. The summed E-state index contributed by atoms with van der Waals surface area (Å²) in [6.45, 7) is 8.46. The van der Waals surface area contributed by atoms with Crippen molar-refractivity contribution in [1.29, 1.82) is 0 Å². The Labute approximate surface area is 74.2 Å². The molecule has 0 aliphatic heterocycles. The molecule has 1 aromatic rings. The molecule has 0 aromatic carbocycles. The highest BCUT2D eigenvalue weighted by atomic mass is 15.1. The maximum Gasteiger partial charge on any atom is 0.0605 e. The second-order valence-corrected chi connectivity index (χ2v) is 2.78. The minimum Gasteiger partial charge on any atom is -0.371 e. The van der Waals surface area contributed by atoms with E-state index in [1.165, 1.54) is 5.69 Å². The molecule has 0 bridgehead atoms. The van der Waals surface area contributed by atoms with Crippen LogP contribution in [0.4, 0.5) is 5.69 Å². The average Bonchev–Trinajstić information content (AvgIpc) is 2.10. The number of hydrogen-bond donors (Lipinski definition) is 0. The molecule has 0 saturated heterocycles. The van der Waals surface area contributed by atoms with Crippen LogP contribution in [0.15, 0.2) is 18.3 Å². The molecule has 0 aliphatic carbocycles. The summed E-state index contributed by atoms with van der Waals surface area (Å²) in [4.78, 5) is 6.56. The number of aryl methyl sites for hydroxylation is 1. The molecular weight excluding hydrogens is 148 g/mol. The van der Waals surface area contributed by atoms with Crippen molar-refractivity contribution in [3.05, 3.63) is 24.0 Å². The van der Waals surface area contributed by atoms with E-state index in [-0.39, 0.29) is 0 Å². The van der Waals surface area contributed by atoms with E-state index in [0.717, 1.165) is 18.8 Å². The van der Waals surface area contributed by atoms with Crippen molar-refractivity contribution in [3.63, 3.8) is 0 Å². The molecule has 0 radical (unpaired) electrons. The van der Waals surface area contributed by atoms with Crippen LogP contribution in [-0.2, 0) is 0 Å². The lowest BCUT2D eigenvalue weighted by Gasteiger charge is -2.21. The van der Waals surface area contributed by atoms with Gasteiger partial charge in [-0.2, -0.15) is 0 Å². The van der Waals surface area contributed by atoms with E-state index >= 15 is 0 Å². The Morgan fingerprint density at radius 2 is 2.00 bits per heavy atom. The minimum absolute atomic E-state index is 1.04. The van der Waals surface area contributed by atoms with Gasteiger partial charge in [-0.3, -0.25) is 4.98 Å². The fourth-order valence-corrected chi connectivity index (χ4v) is 1.37. The van der Waals surface area contributed by atoms with Crippen molar-refractivity contribution in [2.24, 2.45) is 0 Å². The van der Waals surface area contributed by atoms with Gasteiger partial charge < -0.3 is 4.90 Å². The Hall–Kier alpha value is -1.05. The molecule has 0 atom stereocenters. The lowest BCUT2D eigenvalue weighted by molar-refractivity contribution is 0.855. The van der Waals surface area contributed by atoms with Gasteiger partial charge in [0.25, 0.3) is 0 Å². The van der Waals surface area contributed by atoms with Crippen LogP contribution in [0, 0.1) is 6.92 Å². The molecule has 0 fully saturated rings. The van der Waals surface area contributed by atoms with Crippen molar-refractivity contribution in [2.45, 2.75) is 20.8 Å². The molecule has 0 aliphatic rings. The van der Waals surface area contributed by atoms with Gasteiger partial charge in [-0.25, -0.2) is 0 Å². The number of hydrogen-bond acceptors (Lipinski definition) is 2. The van der Waals surface area contributed by atoms with Gasteiger partial charge in [-0.1, -0.05) is 0 Å². The van der Waals surface area contributed by atoms with E-state index in [1.807, 2.05) is 19.2 Å². The fourth-order valence-electron chi connectivity index (χ4n) is 1.37. The van der Waals surface area contributed by atoms with Crippen molar-refractivity contribution in [1.82, 2.24) is 4.98 Å². The Morgan fingerprint density at radius 1 is 1.33 bits per heavy atom. The Kier molecular flexibility index (Phi) is 3.09. The van der Waals surface area contributed by atoms with E-state index in [2.05, 4.69) is 29.8 Å². The van der Waals surface area contributed by atoms with Crippen LogP contribution in [0.2, 0.25) is 0 Å². The van der Waals surface area contributed by atoms with E-state index in [9.17, 15) is 0 Å². The topological polar surface area (TPSA) is 16.1 Å². The van der Waals surface area contributed by atoms with Crippen molar-refractivity contribution < 1.29 is 0 Å². The second kappa shape index (κ2) is 4.10. The van der Waals surface area contributed by atoms with E-state index in [0.29, 0.717) is 0 Å². The minimum atomic E-state index is 1.04. The van der Waals surface area contributed by atoms with Gasteiger partial charge in [0.1, 0.15) is 0 Å². The van der Waals surface area contributed by atoms with Crippen molar-refractivity contribution in [2.75, 3.05) is 18.0 Å². The van der Waals surface area contributed by atoms with Crippen molar-refractivity contribution >= 4 is 5.69 Å². The first-order chi connectivity index (χ1) is 5.79. The summed E-state index contributed by atoms with van der Waals surface area (Å²) >= 11 is 0. The van der Waals surface area contributed by atoms with Crippen LogP contribution in [0.25, 0.3) is 0 Å². The molecule has 66 valence electrons. The summed E-state index contributed by atoms with van der Waals surface area (Å²) < 4.78 is 0. The number of pyridine rings is 1. The summed E-state index contributed by atoms with van der Waals surface area (Å²) in [5.41, 5.74) is 2.36. The highest BCUT2D eigenvalue weighted by Crippen LogP contribution is 2.15. The van der Waals surface area contributed by atoms with Crippen LogP contribution in [0.1, 0.15) is 19.5 Å². The summed E-state index contributed by atoms with van der Waals surface area (Å²) in [5.74, 6) is 0. The third-order valence-electron chi connectivity index (χ3n) is 2.08. The second-order valence-electron chi connectivity index (χ2n) is 2.78. The highest BCUT2D eigenvalue weighted by molar-refractivity contribution is 5.49. The highest BCUT2D eigenvalue weighted by Gasteiger charge is 2.03. The van der Waals surface area contributed by atoms with Gasteiger partial charge >= 0.3 is 0 Å². The molecular formula is C10H16N2. The Balaban J connectivity index is 2.92. The molecule has 0 amide bonds. The van der Waals surface area contributed by atoms with Gasteiger partial charge in [0.05, 0.1) is 11.4 Å². The van der Waals surface area contributed by atoms with Gasteiger partial charge in [0.2, 0.25) is 0 Å². The van der Waals surface area contributed by atoms with Crippen LogP contribution < -0.4 is 4.90 Å². The summed E-state index contributed by atoms with van der Waals surface area (Å²) in [6.07, 6.45) is 1.84. The van der Waals surface area contributed by atoms with Crippen LogP contribution >= 0.6 is 0 Å². The normalized spacial score (nSPS) is 9.92. The van der Waals surface area contributed by atoms with Gasteiger partial charge in [0.15, 0.2) is 0 Å². The lowest BCUT2D eigenvalue weighted by atomic mass is 10.3. The first-order valence-electron chi connectivity index (χ1n) is 4.46. The zero-order chi connectivity index (χ0) is 8.97. The lowest BCUT2D eigenvalue weighted by Crippen LogP contribution is -2.22. The predicted molar refractivity (Wildman–Crippen MR) is 52.5 cm³/mol. The SMILES string of the molecule is CCN(CC)c1cccnc1C. The maximum absolute atomic E-state index is 4.25. The Bertz CT molecular complexity index is 241. The molecule has 0 unspecified atom stereocenters. The first kappa shape index (κ1) is 9.04. The largest absolute Gasteiger partial charge is 0.371 e. The van der Waals surface area contributed by atoms with Crippen LogP contribution in [-0.4, -0.2) is 18.1 Å². The van der Waals surface area contributed by atoms with Crippen LogP contribution in [0.3, 0.4) is 0 Å². The molecule has 0 N–H and O–H groups in total. The predicted octanol–water partition coefficient (Wildman–Crippen LogP) is 2.24. The number of rotatable bonds is 3. The molecule has 2 nitrogen and oxygen atoms in total. The number of nitrogens with zero attached hydrogens (tertiary/aromatic N) is 2. The fraction of sp³-hybridized carbons (Fsp3) is 0.500. The van der Waals surface area contributed by atoms with E-state index in [1.54, 1.807) is 0 Å². The summed E-state index contributed by atoms with van der Waals surface area (Å²) in [7, 11) is 0. The van der Waals surface area contributed by atoms with Crippen molar-refractivity contribution in [3.8, 4) is 0 Å². The third-order valence-corrected chi connectivity index (χ3v) is 2.08. The molecule has 12 heavy (non-hydrogen) atoms. The summed E-state index contributed by atoms with van der Waals surface area (Å²) in [5, 5.41) is 0. The van der Waals surface area contributed by atoms with Gasteiger partial charge in [0, 0.05) is 19.3 Å². The van der Waals surface area contributed by atoms with Crippen LogP contribution in [0.5, 0.6) is 0 Å². The van der Waals surface area contributed by atoms with Gasteiger partial charge in [-0.05, 0) is 32.9 Å². The quantitative estimate of drug-likeness (QED) is 0.681. The number of aromatic nitrogens is 1. The summed E-state index contributed by atoms with van der Waals surface area (Å²) in [6, 6.07) is 4.11. The first-order valence-corrected chi connectivity index (χ1v) is 4.46. The molecule has 1 aromatic heterocycles. The molecule has 0 saturated carbocycles. The zero-order valence-corrected chi connectivity index (χ0v) is 8.04. The van der Waals surface area contributed by atoms with E-state index in [4.69, 9.17) is 0 Å². The standard InChI is InChI=1S/C10H16N2/c1-4-12(5-2)10-7-6-8-11-9(10)3/h6-8H,4-5H2,1-3H3. The zero-order valence-electron chi connectivity index (χ0n) is 8.04. The molecule has 0 spiro atoms.